The van der Waals surface area contributed by atoms with Crippen LogP contribution < -0.4 is 5.32 Å². The molecule has 1 aromatic rings. The summed E-state index contributed by atoms with van der Waals surface area (Å²) in [6.07, 6.45) is 1.27. The van der Waals surface area contributed by atoms with Crippen LogP contribution in [0, 0.1) is 25.7 Å². The van der Waals surface area contributed by atoms with Crippen LogP contribution in [0.3, 0.4) is 0 Å². The lowest BCUT2D eigenvalue weighted by Crippen LogP contribution is -2.42. The van der Waals surface area contributed by atoms with Crippen LogP contribution in [0.25, 0.3) is 0 Å². The van der Waals surface area contributed by atoms with Crippen molar-refractivity contribution in [3.8, 4) is 0 Å². The highest BCUT2D eigenvalue weighted by Gasteiger charge is 2.23. The van der Waals surface area contributed by atoms with Crippen LogP contribution in [0.4, 0.5) is 5.69 Å². The summed E-state index contributed by atoms with van der Waals surface area (Å²) in [6.45, 7) is 11.3. The number of amides is 1. The van der Waals surface area contributed by atoms with E-state index in [0.717, 1.165) is 18.8 Å². The van der Waals surface area contributed by atoms with Gasteiger partial charge in [-0.15, -0.1) is 0 Å². The summed E-state index contributed by atoms with van der Waals surface area (Å²) in [5, 5.41) is 3.01. The first-order chi connectivity index (χ1) is 9.44. The fourth-order valence-electron chi connectivity index (χ4n) is 3.14. The van der Waals surface area contributed by atoms with E-state index in [1.165, 1.54) is 17.5 Å². The van der Waals surface area contributed by atoms with Gasteiger partial charge in [0.15, 0.2) is 0 Å². The monoisotopic (exact) mass is 274 g/mol. The van der Waals surface area contributed by atoms with Gasteiger partial charge in [0.1, 0.15) is 0 Å². The molecule has 1 aromatic carbocycles. The van der Waals surface area contributed by atoms with Crippen molar-refractivity contribution >= 4 is 11.6 Å². The SMILES string of the molecule is Cc1ccc(NC(=O)CN2C[C@@H](C)C[C@H](C)C2)cc1C. The van der Waals surface area contributed by atoms with E-state index in [0.29, 0.717) is 18.4 Å². The average molecular weight is 274 g/mol. The zero-order chi connectivity index (χ0) is 14.7. The number of hydrogen-bond acceptors (Lipinski definition) is 2. The molecule has 1 amide bonds. The normalized spacial score (nSPS) is 23.6. The molecular weight excluding hydrogens is 248 g/mol. The number of benzene rings is 1. The predicted octanol–water partition coefficient (Wildman–Crippen LogP) is 3.22. The molecule has 0 aliphatic carbocycles. The molecule has 20 heavy (non-hydrogen) atoms. The minimum Gasteiger partial charge on any atom is -0.325 e. The molecule has 0 bridgehead atoms. The molecule has 1 heterocycles. The molecule has 1 aliphatic rings. The molecule has 2 rings (SSSR count). The topological polar surface area (TPSA) is 32.3 Å². The van der Waals surface area contributed by atoms with Crippen LogP contribution in [-0.4, -0.2) is 30.4 Å². The molecule has 0 unspecified atom stereocenters. The first kappa shape index (κ1) is 15.0. The fraction of sp³-hybridized carbons (Fsp3) is 0.588. The fourth-order valence-corrected chi connectivity index (χ4v) is 3.14. The minimum atomic E-state index is 0.0922. The number of likely N-dealkylation sites (tertiary alicyclic amines) is 1. The van der Waals surface area contributed by atoms with Gasteiger partial charge in [-0.05, 0) is 55.4 Å². The van der Waals surface area contributed by atoms with E-state index < -0.39 is 0 Å². The van der Waals surface area contributed by atoms with E-state index in [1.807, 2.05) is 12.1 Å². The molecule has 110 valence electrons. The first-order valence-electron chi connectivity index (χ1n) is 7.53. The molecule has 0 aromatic heterocycles. The molecular formula is C17H26N2O. The Bertz CT molecular complexity index is 474. The molecule has 3 heteroatoms. The first-order valence-corrected chi connectivity index (χ1v) is 7.53. The van der Waals surface area contributed by atoms with E-state index in [9.17, 15) is 4.79 Å². The van der Waals surface area contributed by atoms with Gasteiger partial charge in [0, 0.05) is 18.8 Å². The van der Waals surface area contributed by atoms with Crippen LogP contribution >= 0.6 is 0 Å². The number of carbonyl (C=O) groups excluding carboxylic acids is 1. The quantitative estimate of drug-likeness (QED) is 0.918. The van der Waals surface area contributed by atoms with Crippen molar-refractivity contribution in [2.24, 2.45) is 11.8 Å². The van der Waals surface area contributed by atoms with Crippen LogP contribution in [0.5, 0.6) is 0 Å². The number of nitrogens with zero attached hydrogens (tertiary/aromatic N) is 1. The van der Waals surface area contributed by atoms with Crippen LogP contribution in [0.1, 0.15) is 31.4 Å². The van der Waals surface area contributed by atoms with Gasteiger partial charge in [-0.1, -0.05) is 19.9 Å². The molecule has 2 atom stereocenters. The standard InChI is InChI=1S/C17H26N2O/c1-12-7-13(2)10-19(9-12)11-17(20)18-16-6-5-14(3)15(4)8-16/h5-6,8,12-13H,7,9-11H2,1-4H3,(H,18,20)/t12-,13-/m0/s1. The van der Waals surface area contributed by atoms with Gasteiger partial charge in [0.25, 0.3) is 0 Å². The van der Waals surface area contributed by atoms with E-state index >= 15 is 0 Å². The molecule has 1 aliphatic heterocycles. The van der Waals surface area contributed by atoms with Crippen molar-refractivity contribution in [1.29, 1.82) is 0 Å². The molecule has 0 radical (unpaired) electrons. The summed E-state index contributed by atoms with van der Waals surface area (Å²) in [7, 11) is 0. The third kappa shape index (κ3) is 4.07. The maximum Gasteiger partial charge on any atom is 0.238 e. The summed E-state index contributed by atoms with van der Waals surface area (Å²) in [6, 6.07) is 6.06. The number of rotatable bonds is 3. The minimum absolute atomic E-state index is 0.0922. The van der Waals surface area contributed by atoms with Crippen molar-refractivity contribution < 1.29 is 4.79 Å². The second-order valence-electron chi connectivity index (χ2n) is 6.49. The van der Waals surface area contributed by atoms with Gasteiger partial charge in [-0.3, -0.25) is 9.69 Å². The summed E-state index contributed by atoms with van der Waals surface area (Å²) in [5.41, 5.74) is 3.36. The molecule has 1 N–H and O–H groups in total. The van der Waals surface area contributed by atoms with Crippen molar-refractivity contribution in [2.45, 2.75) is 34.1 Å². The largest absolute Gasteiger partial charge is 0.325 e. The predicted molar refractivity (Wildman–Crippen MR) is 83.9 cm³/mol. The third-order valence-electron chi connectivity index (χ3n) is 4.10. The van der Waals surface area contributed by atoms with Crippen molar-refractivity contribution in [3.63, 3.8) is 0 Å². The van der Waals surface area contributed by atoms with Gasteiger partial charge < -0.3 is 5.32 Å². The van der Waals surface area contributed by atoms with E-state index in [1.54, 1.807) is 0 Å². The lowest BCUT2D eigenvalue weighted by molar-refractivity contribution is -0.117. The summed E-state index contributed by atoms with van der Waals surface area (Å²) < 4.78 is 0. The van der Waals surface area contributed by atoms with Gasteiger partial charge in [0.05, 0.1) is 6.54 Å². The van der Waals surface area contributed by atoms with E-state index in [4.69, 9.17) is 0 Å². The maximum absolute atomic E-state index is 12.1. The van der Waals surface area contributed by atoms with Crippen LogP contribution in [0.2, 0.25) is 0 Å². The summed E-state index contributed by atoms with van der Waals surface area (Å²) in [4.78, 5) is 14.4. The number of piperidine rings is 1. The Balaban J connectivity index is 1.90. The van der Waals surface area contributed by atoms with Gasteiger partial charge in [-0.25, -0.2) is 0 Å². The Kier molecular flexibility index (Phi) is 4.81. The Morgan fingerprint density at radius 2 is 1.85 bits per heavy atom. The van der Waals surface area contributed by atoms with E-state index in [-0.39, 0.29) is 5.91 Å². The second kappa shape index (κ2) is 6.40. The maximum atomic E-state index is 12.1. The van der Waals surface area contributed by atoms with Crippen molar-refractivity contribution in [2.75, 3.05) is 25.0 Å². The zero-order valence-corrected chi connectivity index (χ0v) is 13.1. The number of aryl methyl sites for hydroxylation is 2. The zero-order valence-electron chi connectivity index (χ0n) is 13.1. The number of anilines is 1. The summed E-state index contributed by atoms with van der Waals surface area (Å²) >= 11 is 0. The Labute approximate surface area is 122 Å². The number of nitrogens with one attached hydrogen (secondary N) is 1. The number of hydrogen-bond donors (Lipinski definition) is 1. The molecule has 1 saturated heterocycles. The van der Waals surface area contributed by atoms with Gasteiger partial charge in [0.2, 0.25) is 5.91 Å². The Hall–Kier alpha value is -1.35. The third-order valence-corrected chi connectivity index (χ3v) is 4.10. The Morgan fingerprint density at radius 1 is 1.20 bits per heavy atom. The average Bonchev–Trinajstić information content (AvgIpc) is 2.32. The lowest BCUT2D eigenvalue weighted by atomic mass is 9.92. The molecule has 0 saturated carbocycles. The van der Waals surface area contributed by atoms with Crippen LogP contribution in [0.15, 0.2) is 18.2 Å². The highest BCUT2D eigenvalue weighted by Crippen LogP contribution is 2.21. The van der Waals surface area contributed by atoms with E-state index in [2.05, 4.69) is 44.0 Å². The number of carbonyl (C=O) groups is 1. The Morgan fingerprint density at radius 3 is 2.45 bits per heavy atom. The van der Waals surface area contributed by atoms with Crippen molar-refractivity contribution in [1.82, 2.24) is 4.90 Å². The second-order valence-corrected chi connectivity index (χ2v) is 6.49. The lowest BCUT2D eigenvalue weighted by Gasteiger charge is -2.34. The molecule has 0 spiro atoms. The highest BCUT2D eigenvalue weighted by molar-refractivity contribution is 5.92. The molecule has 3 nitrogen and oxygen atoms in total. The van der Waals surface area contributed by atoms with Crippen LogP contribution in [-0.2, 0) is 4.79 Å². The summed E-state index contributed by atoms with van der Waals surface area (Å²) in [5.74, 6) is 1.47. The highest BCUT2D eigenvalue weighted by atomic mass is 16.2. The van der Waals surface area contributed by atoms with Crippen molar-refractivity contribution in [3.05, 3.63) is 29.3 Å². The van der Waals surface area contributed by atoms with Gasteiger partial charge in [-0.2, -0.15) is 0 Å². The molecule has 1 fully saturated rings. The smallest absolute Gasteiger partial charge is 0.238 e. The van der Waals surface area contributed by atoms with Gasteiger partial charge >= 0.3 is 0 Å².